The molecule has 0 saturated carbocycles. The minimum absolute atomic E-state index is 0.551. The van der Waals surface area contributed by atoms with Crippen LogP contribution in [-0.4, -0.2) is 19.1 Å². The Morgan fingerprint density at radius 3 is 1.94 bits per heavy atom. The van der Waals surface area contributed by atoms with E-state index >= 15 is 0 Å². The molecule has 2 heteroatoms. The first-order valence-electron chi connectivity index (χ1n) is 8.15. The molecular weight excluding hydrogens is 220 g/mol. The molecule has 1 unspecified atom stereocenters. The summed E-state index contributed by atoms with van der Waals surface area (Å²) in [6, 6.07) is 0.551. The van der Waals surface area contributed by atoms with Gasteiger partial charge in [-0.1, -0.05) is 72.1 Å². The number of unbranched alkanes of at least 4 members (excludes halogenated alkanes) is 7. The minimum Gasteiger partial charge on any atom is -0.313 e. The third kappa shape index (κ3) is 12.4. The number of rotatable bonds is 14. The largest absolute Gasteiger partial charge is 0.313 e. The van der Waals surface area contributed by atoms with Crippen LogP contribution in [0.4, 0.5) is 0 Å². The highest BCUT2D eigenvalue weighted by Crippen LogP contribution is 2.11. The van der Waals surface area contributed by atoms with Crippen LogP contribution in [0.15, 0.2) is 0 Å². The number of hydrogen-bond donors (Lipinski definition) is 2. The summed E-state index contributed by atoms with van der Waals surface area (Å²) in [5, 5.41) is 6.84. The maximum absolute atomic E-state index is 3.52. The maximum Gasteiger partial charge on any atom is 0.0390 e. The molecule has 0 fully saturated rings. The number of likely N-dealkylation sites (N-methyl/N-ethyl adjacent to an activating group) is 2. The Labute approximate surface area is 115 Å². The molecule has 0 aromatic carbocycles. The first-order valence-corrected chi connectivity index (χ1v) is 8.15. The van der Waals surface area contributed by atoms with E-state index in [0.717, 1.165) is 13.1 Å². The second-order valence-electron chi connectivity index (χ2n) is 5.15. The average Bonchev–Trinajstić information content (AvgIpc) is 2.39. The van der Waals surface area contributed by atoms with Crippen molar-refractivity contribution in [1.82, 2.24) is 10.6 Å². The van der Waals surface area contributed by atoms with Crippen molar-refractivity contribution in [1.29, 1.82) is 0 Å². The van der Waals surface area contributed by atoms with E-state index in [9.17, 15) is 0 Å². The topological polar surface area (TPSA) is 24.1 Å². The lowest BCUT2D eigenvalue weighted by Crippen LogP contribution is -2.34. The molecule has 0 aromatic heterocycles. The Kier molecular flexibility index (Phi) is 14.9. The van der Waals surface area contributed by atoms with E-state index in [4.69, 9.17) is 0 Å². The van der Waals surface area contributed by atoms with Crippen molar-refractivity contribution in [2.24, 2.45) is 0 Å². The van der Waals surface area contributed by atoms with Gasteiger partial charge in [0.25, 0.3) is 0 Å². The first kappa shape index (κ1) is 17.9. The molecular formula is C16H35N2. The van der Waals surface area contributed by atoms with Crippen LogP contribution in [0.1, 0.15) is 78.6 Å². The molecule has 0 aliphatic heterocycles. The van der Waals surface area contributed by atoms with E-state index in [1.54, 1.807) is 0 Å². The Bertz CT molecular complexity index is 148. The lowest BCUT2D eigenvalue weighted by atomic mass is 10.0. The summed E-state index contributed by atoms with van der Waals surface area (Å²) in [5.74, 6) is 0. The van der Waals surface area contributed by atoms with Crippen molar-refractivity contribution in [2.75, 3.05) is 13.1 Å². The molecule has 2 N–H and O–H groups in total. The lowest BCUT2D eigenvalue weighted by molar-refractivity contribution is 0.478. The highest BCUT2D eigenvalue weighted by Gasteiger charge is 2.05. The van der Waals surface area contributed by atoms with Crippen LogP contribution in [-0.2, 0) is 0 Å². The van der Waals surface area contributed by atoms with E-state index in [2.05, 4.69) is 37.9 Å². The summed E-state index contributed by atoms with van der Waals surface area (Å²) in [6.07, 6.45) is 12.5. The van der Waals surface area contributed by atoms with Crippen molar-refractivity contribution in [3.8, 4) is 0 Å². The van der Waals surface area contributed by atoms with E-state index < -0.39 is 0 Å². The summed E-state index contributed by atoms with van der Waals surface area (Å²) >= 11 is 0. The molecule has 2 nitrogen and oxygen atoms in total. The monoisotopic (exact) mass is 255 g/mol. The predicted octanol–water partition coefficient (Wildman–Crippen LogP) is 4.27. The Balaban J connectivity index is 3.31. The van der Waals surface area contributed by atoms with Crippen LogP contribution in [0.3, 0.4) is 0 Å². The van der Waals surface area contributed by atoms with Gasteiger partial charge in [-0.2, -0.15) is 0 Å². The first-order chi connectivity index (χ1) is 8.85. The zero-order valence-corrected chi connectivity index (χ0v) is 12.9. The Morgan fingerprint density at radius 2 is 1.39 bits per heavy atom. The Hall–Kier alpha value is -0.0800. The summed E-state index contributed by atoms with van der Waals surface area (Å²) < 4.78 is 0. The summed E-state index contributed by atoms with van der Waals surface area (Å²) in [4.78, 5) is 0. The van der Waals surface area contributed by atoms with E-state index in [0.29, 0.717) is 6.04 Å². The van der Waals surface area contributed by atoms with Crippen LogP contribution < -0.4 is 10.6 Å². The van der Waals surface area contributed by atoms with Crippen molar-refractivity contribution < 1.29 is 0 Å². The van der Waals surface area contributed by atoms with Crippen LogP contribution in [0.2, 0.25) is 0 Å². The van der Waals surface area contributed by atoms with Gasteiger partial charge in [-0.25, -0.2) is 0 Å². The molecule has 0 amide bonds. The van der Waals surface area contributed by atoms with Crippen LogP contribution >= 0.6 is 0 Å². The van der Waals surface area contributed by atoms with Crippen molar-refractivity contribution >= 4 is 0 Å². The molecule has 18 heavy (non-hydrogen) atoms. The molecule has 0 rings (SSSR count). The quantitative estimate of drug-likeness (QED) is 0.453. The van der Waals surface area contributed by atoms with Gasteiger partial charge in [-0.05, 0) is 19.5 Å². The van der Waals surface area contributed by atoms with Gasteiger partial charge in [-0.15, -0.1) is 0 Å². The fourth-order valence-electron chi connectivity index (χ4n) is 2.26. The summed E-state index contributed by atoms with van der Waals surface area (Å²) in [6.45, 7) is 10.9. The number of nitrogens with one attached hydrogen (secondary N) is 2. The van der Waals surface area contributed by atoms with Gasteiger partial charge in [-0.3, -0.25) is 0 Å². The van der Waals surface area contributed by atoms with Gasteiger partial charge in [0.2, 0.25) is 0 Å². The minimum atomic E-state index is 0.551. The second kappa shape index (κ2) is 15.0. The lowest BCUT2D eigenvalue weighted by Gasteiger charge is -2.17. The molecule has 0 saturated heterocycles. The van der Waals surface area contributed by atoms with Gasteiger partial charge < -0.3 is 10.6 Å². The molecule has 0 spiro atoms. The number of hydrogen-bond acceptors (Lipinski definition) is 2. The van der Waals surface area contributed by atoms with Gasteiger partial charge >= 0.3 is 0 Å². The van der Waals surface area contributed by atoms with Crippen LogP contribution in [0, 0.1) is 6.54 Å². The molecule has 109 valence electrons. The molecule has 0 aromatic rings. The van der Waals surface area contributed by atoms with Gasteiger partial charge in [0.1, 0.15) is 0 Å². The normalized spacial score (nSPS) is 12.8. The van der Waals surface area contributed by atoms with E-state index in [1.165, 1.54) is 57.8 Å². The molecule has 0 aliphatic carbocycles. The molecule has 0 aliphatic rings. The van der Waals surface area contributed by atoms with Crippen molar-refractivity contribution in [3.05, 3.63) is 6.54 Å². The summed E-state index contributed by atoms with van der Waals surface area (Å²) in [7, 11) is 0. The maximum atomic E-state index is 3.52. The van der Waals surface area contributed by atoms with E-state index in [1.807, 2.05) is 0 Å². The fourth-order valence-corrected chi connectivity index (χ4v) is 2.26. The van der Waals surface area contributed by atoms with Crippen molar-refractivity contribution in [3.63, 3.8) is 0 Å². The molecule has 0 heterocycles. The zero-order valence-electron chi connectivity index (χ0n) is 12.9. The second-order valence-corrected chi connectivity index (χ2v) is 5.15. The fraction of sp³-hybridized carbons (Fsp3) is 0.938. The van der Waals surface area contributed by atoms with Crippen LogP contribution in [0.5, 0.6) is 0 Å². The zero-order chi connectivity index (χ0) is 13.5. The average molecular weight is 255 g/mol. The van der Waals surface area contributed by atoms with Crippen molar-refractivity contribution in [2.45, 2.75) is 84.6 Å². The summed E-state index contributed by atoms with van der Waals surface area (Å²) in [5.41, 5.74) is 0. The highest BCUT2D eigenvalue weighted by molar-refractivity contribution is 4.79. The smallest absolute Gasteiger partial charge is 0.0390 e. The van der Waals surface area contributed by atoms with Gasteiger partial charge in [0.15, 0.2) is 0 Å². The third-order valence-electron chi connectivity index (χ3n) is 3.36. The standard InChI is InChI=1S/C16H35N2/c1-4-7-8-9-10-11-12-13-14-16(18-6-3)15-17-5-2/h15-18H,4-14H2,1-3H3. The van der Waals surface area contributed by atoms with Gasteiger partial charge in [0, 0.05) is 12.6 Å². The highest BCUT2D eigenvalue weighted by atomic mass is 15.0. The van der Waals surface area contributed by atoms with Crippen LogP contribution in [0.25, 0.3) is 0 Å². The molecule has 1 atom stereocenters. The Morgan fingerprint density at radius 1 is 0.778 bits per heavy atom. The van der Waals surface area contributed by atoms with Gasteiger partial charge in [0.05, 0.1) is 0 Å². The molecule has 0 bridgehead atoms. The third-order valence-corrected chi connectivity index (χ3v) is 3.36. The van der Waals surface area contributed by atoms with E-state index in [-0.39, 0.29) is 0 Å². The molecule has 1 radical (unpaired) electrons. The predicted molar refractivity (Wildman–Crippen MR) is 82.7 cm³/mol. The SMILES string of the molecule is CCCCCCCCCCC([CH]NCC)NCC.